The van der Waals surface area contributed by atoms with E-state index in [1.807, 2.05) is 12.1 Å². The average Bonchev–Trinajstić information content (AvgIpc) is 3.13. The molecule has 0 bridgehead atoms. The second-order valence-corrected chi connectivity index (χ2v) is 8.57. The summed E-state index contributed by atoms with van der Waals surface area (Å²) >= 11 is 0. The second-order valence-electron chi connectivity index (χ2n) is 8.57. The van der Waals surface area contributed by atoms with Crippen LogP contribution < -0.4 is 22.1 Å². The highest BCUT2D eigenvalue weighted by molar-refractivity contribution is 5.99. The van der Waals surface area contributed by atoms with Crippen LogP contribution in [-0.2, 0) is 0 Å². The fourth-order valence-electron chi connectivity index (χ4n) is 4.55. The molecule has 0 unspecified atom stereocenters. The van der Waals surface area contributed by atoms with Gasteiger partial charge in [-0.1, -0.05) is 18.9 Å². The van der Waals surface area contributed by atoms with Crippen LogP contribution in [-0.4, -0.2) is 37.7 Å². The number of hydrogen-bond donors (Lipinski definition) is 4. The molecule has 0 spiro atoms. The van der Waals surface area contributed by atoms with E-state index in [2.05, 4.69) is 48.7 Å². The van der Waals surface area contributed by atoms with Crippen molar-refractivity contribution in [2.75, 3.05) is 10.6 Å². The number of nitrogens with two attached hydrogens (primary N) is 2. The fraction of sp³-hybridized carbons (Fsp3) is 0.455. The summed E-state index contributed by atoms with van der Waals surface area (Å²) in [5.74, 6) is -0.0463. The van der Waals surface area contributed by atoms with Crippen molar-refractivity contribution in [2.24, 2.45) is 11.5 Å². The summed E-state index contributed by atoms with van der Waals surface area (Å²) in [7, 11) is 0. The average molecular weight is 421 g/mol. The van der Waals surface area contributed by atoms with Gasteiger partial charge in [0.25, 0.3) is 5.91 Å². The largest absolute Gasteiger partial charge is 0.364 e. The minimum absolute atomic E-state index is 0.00826. The molecule has 2 atom stereocenters. The molecule has 2 aliphatic rings. The van der Waals surface area contributed by atoms with Crippen molar-refractivity contribution >= 4 is 34.3 Å². The number of anilines is 3. The molecule has 2 fully saturated rings. The van der Waals surface area contributed by atoms with Gasteiger partial charge in [-0.05, 0) is 50.3 Å². The van der Waals surface area contributed by atoms with E-state index in [9.17, 15) is 4.79 Å². The number of fused-ring (bicyclic) bond motifs is 1. The molecule has 5 rings (SSSR count). The predicted octanol–water partition coefficient (Wildman–Crippen LogP) is 3.08. The van der Waals surface area contributed by atoms with Gasteiger partial charge in [0.15, 0.2) is 11.5 Å². The van der Waals surface area contributed by atoms with Crippen LogP contribution in [0.25, 0.3) is 10.9 Å². The Hall–Kier alpha value is -3.20. The van der Waals surface area contributed by atoms with Gasteiger partial charge >= 0.3 is 0 Å². The molecule has 0 radical (unpaired) electrons. The van der Waals surface area contributed by atoms with Crippen molar-refractivity contribution in [1.29, 1.82) is 0 Å². The molecule has 2 aromatic heterocycles. The summed E-state index contributed by atoms with van der Waals surface area (Å²) in [6.07, 6.45) is 10.00. The summed E-state index contributed by atoms with van der Waals surface area (Å²) in [6.45, 7) is 0. The third kappa shape index (κ3) is 3.81. The molecular formula is C22H28N8O. The molecule has 2 saturated carbocycles. The van der Waals surface area contributed by atoms with E-state index in [1.165, 1.54) is 19.3 Å². The van der Waals surface area contributed by atoms with Crippen molar-refractivity contribution in [3.8, 4) is 0 Å². The maximum Gasteiger partial charge on any atom is 0.273 e. The Balaban J connectivity index is 1.46. The lowest BCUT2D eigenvalue weighted by Gasteiger charge is -2.29. The summed E-state index contributed by atoms with van der Waals surface area (Å²) in [5, 5.41) is 15.7. The van der Waals surface area contributed by atoms with Gasteiger partial charge < -0.3 is 26.7 Å². The quantitative estimate of drug-likeness (QED) is 0.481. The van der Waals surface area contributed by atoms with Gasteiger partial charge in [0, 0.05) is 35.4 Å². The van der Waals surface area contributed by atoms with Crippen molar-refractivity contribution in [3.63, 3.8) is 0 Å². The minimum atomic E-state index is -0.678. The zero-order valence-electron chi connectivity index (χ0n) is 17.4. The number of primary amides is 1. The number of hydrogen-bond acceptors (Lipinski definition) is 7. The summed E-state index contributed by atoms with van der Waals surface area (Å²) in [4.78, 5) is 16.5. The number of benzene rings is 1. The Morgan fingerprint density at radius 1 is 1.06 bits per heavy atom. The van der Waals surface area contributed by atoms with Crippen LogP contribution in [0.5, 0.6) is 0 Å². The molecule has 2 heterocycles. The van der Waals surface area contributed by atoms with Crippen LogP contribution in [0, 0.1) is 0 Å². The Kier molecular flexibility index (Phi) is 5.19. The van der Waals surface area contributed by atoms with Gasteiger partial charge in [-0.3, -0.25) is 4.79 Å². The first kappa shape index (κ1) is 19.7. The number of nitrogens with one attached hydrogen (secondary N) is 2. The fourth-order valence-corrected chi connectivity index (χ4v) is 4.55. The molecule has 3 aromatic rings. The summed E-state index contributed by atoms with van der Waals surface area (Å²) < 4.78 is 2.33. The van der Waals surface area contributed by atoms with E-state index in [0.29, 0.717) is 17.8 Å². The number of rotatable bonds is 6. The van der Waals surface area contributed by atoms with Crippen LogP contribution in [0.2, 0.25) is 0 Å². The lowest BCUT2D eigenvalue weighted by molar-refractivity contribution is 0.0995. The first-order valence-electron chi connectivity index (χ1n) is 11.0. The molecule has 2 aliphatic carbocycles. The molecule has 9 nitrogen and oxygen atoms in total. The third-order valence-electron chi connectivity index (χ3n) is 6.54. The van der Waals surface area contributed by atoms with Crippen molar-refractivity contribution in [2.45, 2.75) is 63.1 Å². The standard InChI is InChI=1S/C22H28N8O/c23-15-7-1-2-8-17(15)26-22-27-21(19(20(24)31)28-29-22)25-16-9-4-10-18-14(16)11-12-30(18)13-5-3-6-13/h4,9-13,15,17H,1-3,5-8,23H2,(H2,24,31)(H2,25,26,27,29)/t15-,17+/m0/s1. The van der Waals surface area contributed by atoms with E-state index in [1.54, 1.807) is 0 Å². The number of aromatic nitrogens is 4. The topological polar surface area (TPSA) is 137 Å². The van der Waals surface area contributed by atoms with Crippen LogP contribution in [0.3, 0.4) is 0 Å². The van der Waals surface area contributed by atoms with Crippen molar-refractivity contribution in [3.05, 3.63) is 36.2 Å². The normalized spacial score (nSPS) is 21.6. The smallest absolute Gasteiger partial charge is 0.273 e. The SMILES string of the molecule is NC(=O)c1nnc(N[C@@H]2CCCC[C@@H]2N)nc1Nc1cccc2c1ccn2C1CCC1. The number of nitrogens with zero attached hydrogens (tertiary/aromatic N) is 4. The zero-order chi connectivity index (χ0) is 21.4. The Labute approximate surface area is 180 Å². The highest BCUT2D eigenvalue weighted by Gasteiger charge is 2.24. The molecule has 6 N–H and O–H groups in total. The van der Waals surface area contributed by atoms with Crippen molar-refractivity contribution in [1.82, 2.24) is 19.7 Å². The van der Waals surface area contributed by atoms with E-state index in [4.69, 9.17) is 11.5 Å². The summed E-state index contributed by atoms with van der Waals surface area (Å²) in [6, 6.07) is 8.86. The Morgan fingerprint density at radius 3 is 2.65 bits per heavy atom. The predicted molar refractivity (Wildman–Crippen MR) is 120 cm³/mol. The zero-order valence-corrected chi connectivity index (χ0v) is 17.4. The van der Waals surface area contributed by atoms with Gasteiger partial charge in [0.2, 0.25) is 5.95 Å². The van der Waals surface area contributed by atoms with Crippen LogP contribution in [0.1, 0.15) is 61.5 Å². The monoisotopic (exact) mass is 420 g/mol. The molecule has 31 heavy (non-hydrogen) atoms. The van der Waals surface area contributed by atoms with Gasteiger partial charge in [-0.2, -0.15) is 4.98 Å². The minimum Gasteiger partial charge on any atom is -0.364 e. The number of amides is 1. The first-order valence-corrected chi connectivity index (χ1v) is 11.0. The maximum absolute atomic E-state index is 12.0. The number of carbonyl (C=O) groups is 1. The molecule has 1 aromatic carbocycles. The molecule has 1 amide bonds. The maximum atomic E-state index is 12.0. The number of carbonyl (C=O) groups excluding carboxylic acids is 1. The van der Waals surface area contributed by atoms with Crippen LogP contribution >= 0.6 is 0 Å². The lowest BCUT2D eigenvalue weighted by Crippen LogP contribution is -2.43. The lowest BCUT2D eigenvalue weighted by atomic mass is 9.91. The van der Waals surface area contributed by atoms with E-state index in [0.717, 1.165) is 42.3 Å². The van der Waals surface area contributed by atoms with Crippen LogP contribution in [0.15, 0.2) is 30.5 Å². The third-order valence-corrected chi connectivity index (χ3v) is 6.54. The Morgan fingerprint density at radius 2 is 1.90 bits per heavy atom. The van der Waals surface area contributed by atoms with E-state index >= 15 is 0 Å². The second kappa shape index (κ2) is 8.14. The van der Waals surface area contributed by atoms with Gasteiger partial charge in [-0.25, -0.2) is 0 Å². The molecule has 162 valence electrons. The van der Waals surface area contributed by atoms with Gasteiger partial charge in [-0.15, -0.1) is 10.2 Å². The first-order chi connectivity index (χ1) is 15.1. The van der Waals surface area contributed by atoms with E-state index in [-0.39, 0.29) is 17.8 Å². The summed E-state index contributed by atoms with van der Waals surface area (Å²) in [5.41, 5.74) is 13.8. The van der Waals surface area contributed by atoms with Gasteiger partial charge in [0.1, 0.15) is 0 Å². The van der Waals surface area contributed by atoms with E-state index < -0.39 is 5.91 Å². The highest BCUT2D eigenvalue weighted by Crippen LogP contribution is 2.36. The molecular weight excluding hydrogens is 392 g/mol. The molecule has 0 saturated heterocycles. The molecule has 9 heteroatoms. The Bertz CT molecular complexity index is 1110. The van der Waals surface area contributed by atoms with Crippen LogP contribution in [0.4, 0.5) is 17.5 Å². The highest BCUT2D eigenvalue weighted by atomic mass is 16.1. The van der Waals surface area contributed by atoms with Gasteiger partial charge in [0.05, 0.1) is 5.52 Å². The van der Waals surface area contributed by atoms with Crippen molar-refractivity contribution < 1.29 is 4.79 Å². The molecule has 0 aliphatic heterocycles.